The first-order valence-corrected chi connectivity index (χ1v) is 11.4. The molecular weight excluding hydrogens is 536 g/mol. The molecule has 0 spiro atoms. The zero-order valence-corrected chi connectivity index (χ0v) is 20.9. The van der Waals surface area contributed by atoms with Crippen LogP contribution in [0.2, 0.25) is 0 Å². The lowest BCUT2D eigenvalue weighted by atomic mass is 9.88. The number of phenols is 1. The van der Waals surface area contributed by atoms with Gasteiger partial charge in [0.2, 0.25) is 0 Å². The van der Waals surface area contributed by atoms with Gasteiger partial charge in [0.15, 0.2) is 11.5 Å². The van der Waals surface area contributed by atoms with Gasteiger partial charge in [-0.2, -0.15) is 0 Å². The fourth-order valence-corrected chi connectivity index (χ4v) is 6.04. The number of nitrogens with one attached hydrogen (secondary N) is 1. The number of carbonyl (C=O) groups is 1. The van der Waals surface area contributed by atoms with Crippen LogP contribution in [0.1, 0.15) is 28.8 Å². The van der Waals surface area contributed by atoms with Crippen LogP contribution in [0.3, 0.4) is 0 Å². The Kier molecular flexibility index (Phi) is 9.47. The van der Waals surface area contributed by atoms with E-state index in [9.17, 15) is 9.90 Å². The number of amides is 1. The number of aromatic hydroxyl groups is 1. The number of nitrogens with zero attached hydrogens (tertiary/aromatic N) is 1. The first-order valence-electron chi connectivity index (χ1n) is 9.59. The molecule has 1 amide bonds. The summed E-state index contributed by atoms with van der Waals surface area (Å²) in [6.07, 6.45) is 1.87. The van der Waals surface area contributed by atoms with E-state index in [1.807, 2.05) is 18.2 Å². The van der Waals surface area contributed by atoms with Crippen molar-refractivity contribution in [1.29, 1.82) is 0 Å². The van der Waals surface area contributed by atoms with E-state index >= 15 is 0 Å². The number of hydrogen-bond donors (Lipinski definition) is 2. The Bertz CT molecular complexity index is 840. The average Bonchev–Trinajstić information content (AvgIpc) is 2.70. The maximum Gasteiger partial charge on any atom is 0.251 e. The van der Waals surface area contributed by atoms with E-state index in [4.69, 9.17) is 4.74 Å². The molecule has 0 aromatic heterocycles. The van der Waals surface area contributed by atoms with Crippen LogP contribution in [0.15, 0.2) is 48.5 Å². The monoisotopic (exact) mass is 560 g/mol. The Balaban J connectivity index is 0.00000320. The number of methoxy groups -OCH3 is 1. The van der Waals surface area contributed by atoms with Crippen molar-refractivity contribution in [3.05, 3.63) is 59.7 Å². The molecule has 164 valence electrons. The summed E-state index contributed by atoms with van der Waals surface area (Å²) in [5.41, 5.74) is 1.70. The number of hydrogen-bond acceptors (Lipinski definition) is 4. The summed E-state index contributed by atoms with van der Waals surface area (Å²) < 4.78 is 5.13. The first-order chi connectivity index (χ1) is 13.9. The van der Waals surface area contributed by atoms with Crippen molar-refractivity contribution < 1.29 is 14.6 Å². The van der Waals surface area contributed by atoms with Crippen molar-refractivity contribution in [3.8, 4) is 11.5 Å². The van der Waals surface area contributed by atoms with E-state index in [2.05, 4.69) is 61.3 Å². The van der Waals surface area contributed by atoms with Crippen molar-refractivity contribution in [2.45, 2.75) is 41.1 Å². The third kappa shape index (κ3) is 6.13. The minimum absolute atomic E-state index is 0. The zero-order chi connectivity index (χ0) is 21.0. The fourth-order valence-electron chi connectivity index (χ4n) is 3.82. The predicted octanol–water partition coefficient (Wildman–Crippen LogP) is 4.74. The second-order valence-electron chi connectivity index (χ2n) is 7.44. The van der Waals surface area contributed by atoms with Gasteiger partial charge >= 0.3 is 0 Å². The highest BCUT2D eigenvalue weighted by Gasteiger charge is 2.39. The fraction of sp³-hybridized carbons (Fsp3) is 0.409. The number of carbonyl (C=O) groups excluding carboxylic acids is 1. The molecule has 0 bridgehead atoms. The molecule has 0 aliphatic heterocycles. The van der Waals surface area contributed by atoms with E-state index in [1.165, 1.54) is 18.7 Å². The van der Waals surface area contributed by atoms with E-state index in [0.717, 1.165) is 19.4 Å². The van der Waals surface area contributed by atoms with Gasteiger partial charge in [-0.3, -0.25) is 9.69 Å². The summed E-state index contributed by atoms with van der Waals surface area (Å²) >= 11 is 7.57. The maximum absolute atomic E-state index is 12.9. The zero-order valence-electron chi connectivity index (χ0n) is 16.9. The molecule has 2 aromatic carbocycles. The quantitative estimate of drug-likeness (QED) is 0.500. The smallest absolute Gasteiger partial charge is 0.251 e. The molecule has 1 aliphatic carbocycles. The number of halogens is 3. The van der Waals surface area contributed by atoms with Crippen molar-refractivity contribution >= 4 is 50.2 Å². The van der Waals surface area contributed by atoms with Gasteiger partial charge in [0.1, 0.15) is 0 Å². The van der Waals surface area contributed by atoms with Gasteiger partial charge in [-0.25, -0.2) is 0 Å². The van der Waals surface area contributed by atoms with Crippen molar-refractivity contribution in [2.75, 3.05) is 14.2 Å². The number of benzene rings is 2. The van der Waals surface area contributed by atoms with Gasteiger partial charge in [0.25, 0.3) is 5.91 Å². The SMILES string of the molecule is COc1cc(C(=O)NC2C(Br)CC(Br)CC2N(C)Cc2ccccc2)ccc1O.Cl. The molecule has 0 saturated heterocycles. The van der Waals surface area contributed by atoms with Crippen LogP contribution in [0, 0.1) is 0 Å². The number of phenolic OH excluding ortho intramolecular Hbond substituents is 1. The van der Waals surface area contributed by atoms with Gasteiger partial charge in [-0.15, -0.1) is 12.4 Å². The molecule has 2 N–H and O–H groups in total. The summed E-state index contributed by atoms with van der Waals surface area (Å²) in [7, 11) is 3.57. The molecule has 0 heterocycles. The van der Waals surface area contributed by atoms with Crippen molar-refractivity contribution in [2.24, 2.45) is 0 Å². The lowest BCUT2D eigenvalue weighted by Gasteiger charge is -2.43. The predicted molar refractivity (Wildman–Crippen MR) is 130 cm³/mol. The number of rotatable bonds is 6. The van der Waals surface area contributed by atoms with E-state index < -0.39 is 0 Å². The molecule has 5 nitrogen and oxygen atoms in total. The normalized spacial score (nSPS) is 23.5. The van der Waals surface area contributed by atoms with Crippen LogP contribution in [-0.4, -0.2) is 51.8 Å². The molecule has 1 fully saturated rings. The van der Waals surface area contributed by atoms with E-state index in [-0.39, 0.29) is 46.7 Å². The van der Waals surface area contributed by atoms with E-state index in [1.54, 1.807) is 12.1 Å². The van der Waals surface area contributed by atoms with Crippen molar-refractivity contribution in [3.63, 3.8) is 0 Å². The van der Waals surface area contributed by atoms with Crippen LogP contribution in [-0.2, 0) is 6.54 Å². The Labute approximate surface area is 200 Å². The Hall–Kier alpha value is -1.28. The molecule has 2 aromatic rings. The molecule has 8 heteroatoms. The summed E-state index contributed by atoms with van der Waals surface area (Å²) in [5, 5.41) is 13.0. The summed E-state index contributed by atoms with van der Waals surface area (Å²) in [6, 6.07) is 15.1. The standard InChI is InChI=1S/C22H26Br2N2O3.ClH/c1-26(13-14-6-4-3-5-7-14)18-12-16(23)11-17(24)21(18)25-22(28)15-8-9-19(27)20(10-15)29-2;/h3-10,16-18,21,27H,11-13H2,1-2H3,(H,25,28);1H. The topological polar surface area (TPSA) is 61.8 Å². The largest absolute Gasteiger partial charge is 0.504 e. The summed E-state index contributed by atoms with van der Waals surface area (Å²) in [4.78, 5) is 15.8. The van der Waals surface area contributed by atoms with Gasteiger partial charge in [-0.1, -0.05) is 62.2 Å². The summed E-state index contributed by atoms with van der Waals surface area (Å²) in [5.74, 6) is 0.126. The number of ether oxygens (including phenoxy) is 1. The van der Waals surface area contributed by atoms with Gasteiger partial charge in [0, 0.05) is 27.8 Å². The highest BCUT2D eigenvalue weighted by molar-refractivity contribution is 9.10. The van der Waals surface area contributed by atoms with Gasteiger partial charge < -0.3 is 15.2 Å². The lowest BCUT2D eigenvalue weighted by molar-refractivity contribution is 0.0869. The van der Waals surface area contributed by atoms with Crippen molar-refractivity contribution in [1.82, 2.24) is 10.2 Å². The second-order valence-corrected chi connectivity index (χ2v) is 9.91. The Morgan fingerprint density at radius 3 is 2.57 bits per heavy atom. The third-order valence-corrected chi connectivity index (χ3v) is 7.05. The molecule has 30 heavy (non-hydrogen) atoms. The first kappa shape index (κ1) is 25.0. The number of alkyl halides is 2. The minimum Gasteiger partial charge on any atom is -0.504 e. The second kappa shape index (κ2) is 11.4. The maximum atomic E-state index is 12.9. The third-order valence-electron chi connectivity index (χ3n) is 5.36. The molecular formula is C22H27Br2ClN2O3. The number of likely N-dealkylation sites (N-methyl/N-ethyl adjacent to an activating group) is 1. The summed E-state index contributed by atoms with van der Waals surface area (Å²) in [6.45, 7) is 0.810. The Morgan fingerprint density at radius 1 is 1.20 bits per heavy atom. The molecule has 3 rings (SSSR count). The van der Waals surface area contributed by atoms with Crippen LogP contribution in [0.25, 0.3) is 0 Å². The van der Waals surface area contributed by atoms with Crippen LogP contribution in [0.4, 0.5) is 0 Å². The molecule has 0 radical (unpaired) electrons. The van der Waals surface area contributed by atoms with Crippen LogP contribution in [0.5, 0.6) is 11.5 Å². The highest BCUT2D eigenvalue weighted by Crippen LogP contribution is 2.33. The molecule has 4 unspecified atom stereocenters. The van der Waals surface area contributed by atoms with Crippen LogP contribution >= 0.6 is 44.3 Å². The average molecular weight is 563 g/mol. The molecule has 1 aliphatic rings. The van der Waals surface area contributed by atoms with Gasteiger partial charge in [0.05, 0.1) is 13.2 Å². The molecule has 4 atom stereocenters. The lowest BCUT2D eigenvalue weighted by Crippen LogP contribution is -2.58. The minimum atomic E-state index is -0.177. The van der Waals surface area contributed by atoms with Crippen LogP contribution < -0.4 is 10.1 Å². The highest BCUT2D eigenvalue weighted by atomic mass is 79.9. The van der Waals surface area contributed by atoms with E-state index in [0.29, 0.717) is 10.4 Å². The Morgan fingerprint density at radius 2 is 1.90 bits per heavy atom. The van der Waals surface area contributed by atoms with Gasteiger partial charge in [-0.05, 0) is 43.7 Å². The molecule has 1 saturated carbocycles.